The molecule has 0 rings (SSSR count). The van der Waals surface area contributed by atoms with Crippen molar-refractivity contribution in [1.29, 1.82) is 0 Å². The number of phosphoric ester groups is 1. The third-order valence-corrected chi connectivity index (χ3v) is 11.0. The molecule has 11 heteroatoms. The fraction of sp³-hybridized carbons (Fsp3) is 0.755. The highest BCUT2D eigenvalue weighted by Crippen LogP contribution is 2.43. The summed E-state index contributed by atoms with van der Waals surface area (Å²) in [7, 11) is -4.63. The zero-order chi connectivity index (χ0) is 44.0. The monoisotopic (exact) mass is 866 g/mol. The number of allylic oxidation sites excluding steroid dienone is 10. The quantitative estimate of drug-likeness (QED) is 0.0233. The van der Waals surface area contributed by atoms with E-state index in [0.717, 1.165) is 83.5 Å². The van der Waals surface area contributed by atoms with Crippen molar-refractivity contribution < 1.29 is 42.7 Å². The molecule has 0 aromatic carbocycles. The van der Waals surface area contributed by atoms with Gasteiger partial charge in [-0.1, -0.05) is 171 Å². The van der Waals surface area contributed by atoms with Crippen LogP contribution in [0.2, 0.25) is 0 Å². The number of ether oxygens (including phenoxy) is 2. The van der Waals surface area contributed by atoms with E-state index in [4.69, 9.17) is 29.4 Å². The van der Waals surface area contributed by atoms with E-state index in [1.165, 1.54) is 89.9 Å². The number of unbranched alkanes of at least 4 members (excludes halogenated alkanes) is 21. The predicted octanol–water partition coefficient (Wildman–Crippen LogP) is 13.6. The summed E-state index contributed by atoms with van der Waals surface area (Å²) in [6, 6.07) is -1.48. The predicted molar refractivity (Wildman–Crippen MR) is 249 cm³/mol. The van der Waals surface area contributed by atoms with Crippen molar-refractivity contribution in [3.05, 3.63) is 60.8 Å². The van der Waals surface area contributed by atoms with Gasteiger partial charge in [-0.2, -0.15) is 0 Å². The maximum absolute atomic E-state index is 12.7. The van der Waals surface area contributed by atoms with Crippen LogP contribution in [0.5, 0.6) is 0 Å². The van der Waals surface area contributed by atoms with Gasteiger partial charge in [-0.15, -0.1) is 0 Å². The Morgan fingerprint density at radius 2 is 0.917 bits per heavy atom. The van der Waals surface area contributed by atoms with Gasteiger partial charge in [-0.25, -0.2) is 4.57 Å². The maximum Gasteiger partial charge on any atom is 0.472 e. The largest absolute Gasteiger partial charge is 0.480 e. The number of hydrogen-bond acceptors (Lipinski definition) is 8. The second-order valence-corrected chi connectivity index (χ2v) is 17.3. The zero-order valence-electron chi connectivity index (χ0n) is 38.0. The first-order valence-electron chi connectivity index (χ1n) is 23.8. The number of carboxylic acid groups (broad SMARTS) is 1. The molecular weight excluding hydrogens is 778 g/mol. The third kappa shape index (κ3) is 43.7. The molecule has 3 unspecified atom stereocenters. The topological polar surface area (TPSA) is 155 Å². The molecule has 60 heavy (non-hydrogen) atoms. The van der Waals surface area contributed by atoms with Crippen molar-refractivity contribution in [2.75, 3.05) is 26.4 Å². The summed E-state index contributed by atoms with van der Waals surface area (Å²) in [5, 5.41) is 8.91. The first-order valence-corrected chi connectivity index (χ1v) is 25.3. The molecule has 348 valence electrons. The van der Waals surface area contributed by atoms with Gasteiger partial charge in [0.1, 0.15) is 12.1 Å². The fourth-order valence-corrected chi connectivity index (χ4v) is 7.07. The van der Waals surface area contributed by atoms with E-state index >= 15 is 0 Å². The highest BCUT2D eigenvalue weighted by molar-refractivity contribution is 7.47. The summed E-state index contributed by atoms with van der Waals surface area (Å²) in [6.07, 6.45) is 54.1. The molecule has 3 atom stereocenters. The summed E-state index contributed by atoms with van der Waals surface area (Å²) >= 11 is 0. The number of nitrogens with two attached hydrogens (primary N) is 1. The minimum Gasteiger partial charge on any atom is -0.480 e. The smallest absolute Gasteiger partial charge is 0.472 e. The van der Waals surface area contributed by atoms with Gasteiger partial charge in [0.2, 0.25) is 0 Å². The van der Waals surface area contributed by atoms with Crippen LogP contribution < -0.4 is 5.73 Å². The number of aliphatic carboxylic acids is 1. The van der Waals surface area contributed by atoms with Crippen LogP contribution in [-0.4, -0.2) is 60.5 Å². The van der Waals surface area contributed by atoms with Crippen LogP contribution in [0.3, 0.4) is 0 Å². The van der Waals surface area contributed by atoms with E-state index < -0.39 is 45.1 Å². The molecule has 0 saturated heterocycles. The summed E-state index contributed by atoms with van der Waals surface area (Å²) in [5.74, 6) is -1.79. The van der Waals surface area contributed by atoms with E-state index in [-0.39, 0.29) is 13.0 Å². The lowest BCUT2D eigenvalue weighted by Crippen LogP contribution is -2.34. The van der Waals surface area contributed by atoms with Crippen LogP contribution in [0.15, 0.2) is 60.8 Å². The van der Waals surface area contributed by atoms with Gasteiger partial charge in [0.15, 0.2) is 0 Å². The molecule has 0 heterocycles. The average Bonchev–Trinajstić information content (AvgIpc) is 3.23. The second kappa shape index (κ2) is 44.7. The zero-order valence-corrected chi connectivity index (χ0v) is 38.9. The van der Waals surface area contributed by atoms with Crippen LogP contribution >= 0.6 is 7.82 Å². The van der Waals surface area contributed by atoms with Crippen molar-refractivity contribution in [2.24, 2.45) is 5.73 Å². The van der Waals surface area contributed by atoms with Gasteiger partial charge < -0.3 is 25.2 Å². The van der Waals surface area contributed by atoms with Crippen molar-refractivity contribution in [1.82, 2.24) is 0 Å². The van der Waals surface area contributed by atoms with Gasteiger partial charge in [-0.3, -0.25) is 18.6 Å². The Labute approximate surface area is 366 Å². The van der Waals surface area contributed by atoms with E-state index in [1.54, 1.807) is 0 Å². The molecule has 0 aliphatic rings. The van der Waals surface area contributed by atoms with Gasteiger partial charge >= 0.3 is 19.8 Å². The fourth-order valence-electron chi connectivity index (χ4n) is 6.29. The normalized spacial score (nSPS) is 14.3. The van der Waals surface area contributed by atoms with Gasteiger partial charge in [-0.05, 0) is 83.5 Å². The molecule has 0 aromatic rings. The van der Waals surface area contributed by atoms with Crippen molar-refractivity contribution in [3.8, 4) is 0 Å². The first-order chi connectivity index (χ1) is 29.2. The number of carbonyl (C=O) groups is 2. The lowest BCUT2D eigenvalue weighted by atomic mass is 10.1. The third-order valence-electron chi connectivity index (χ3n) is 10.0. The second-order valence-electron chi connectivity index (χ2n) is 15.9. The highest BCUT2D eigenvalue weighted by Gasteiger charge is 2.27. The highest BCUT2D eigenvalue weighted by atomic mass is 31.2. The number of carboxylic acids is 1. The van der Waals surface area contributed by atoms with E-state index in [9.17, 15) is 19.0 Å². The summed E-state index contributed by atoms with van der Waals surface area (Å²) in [4.78, 5) is 33.6. The van der Waals surface area contributed by atoms with Gasteiger partial charge in [0, 0.05) is 13.0 Å². The van der Waals surface area contributed by atoms with Crippen molar-refractivity contribution in [3.63, 3.8) is 0 Å². The van der Waals surface area contributed by atoms with Crippen LogP contribution in [0.25, 0.3) is 0 Å². The molecule has 0 fully saturated rings. The first kappa shape index (κ1) is 57.7. The van der Waals surface area contributed by atoms with Gasteiger partial charge in [0.05, 0.1) is 19.8 Å². The summed E-state index contributed by atoms with van der Waals surface area (Å²) in [6.45, 7) is 3.81. The number of carbonyl (C=O) groups excluding carboxylic acids is 1. The standard InChI is InChI=1S/C49H88NO9P/c1-3-5-7-9-11-13-15-17-19-21-23-25-27-29-31-33-35-37-39-41-48(51)59-46(44-57-60(54,55)58-45-47(50)49(52)53)43-56-42-40-38-36-34-32-30-28-26-24-22-20-18-16-14-12-10-8-6-4-2/h11,13-14,16-17,19-20,22-23,25,46-47H,3-10,12,15,18,21,24,26-45,50H2,1-2H3,(H,52,53)(H,54,55)/b13-11-,16-14-,19-17-,22-20-,25-23-. The Morgan fingerprint density at radius 1 is 0.533 bits per heavy atom. The molecule has 0 radical (unpaired) electrons. The molecule has 10 nitrogen and oxygen atoms in total. The van der Waals surface area contributed by atoms with Crippen molar-refractivity contribution in [2.45, 2.75) is 212 Å². The molecular formula is C49H88NO9P. The van der Waals surface area contributed by atoms with Crippen LogP contribution in [-0.2, 0) is 32.7 Å². The molecule has 4 N–H and O–H groups in total. The Hall–Kier alpha value is -2.33. The van der Waals surface area contributed by atoms with Crippen molar-refractivity contribution >= 4 is 19.8 Å². The molecule has 0 saturated carbocycles. The number of esters is 1. The Balaban J connectivity index is 4.24. The number of rotatable bonds is 45. The Bertz CT molecular complexity index is 1190. The maximum atomic E-state index is 12.7. The Morgan fingerprint density at radius 3 is 1.40 bits per heavy atom. The molecule has 0 amide bonds. The number of hydrogen-bond donors (Lipinski definition) is 3. The lowest BCUT2D eigenvalue weighted by molar-refractivity contribution is -0.154. The average molecular weight is 866 g/mol. The Kier molecular flexibility index (Phi) is 43.0. The summed E-state index contributed by atoms with van der Waals surface area (Å²) < 4.78 is 33.4. The lowest BCUT2D eigenvalue weighted by Gasteiger charge is -2.20. The van der Waals surface area contributed by atoms with Crippen LogP contribution in [0, 0.1) is 0 Å². The van der Waals surface area contributed by atoms with E-state index in [0.29, 0.717) is 13.0 Å². The molecule has 0 aliphatic heterocycles. The molecule has 0 bridgehead atoms. The van der Waals surface area contributed by atoms with E-state index in [1.807, 2.05) is 0 Å². The minimum absolute atomic E-state index is 0.00539. The summed E-state index contributed by atoms with van der Waals surface area (Å²) in [5.41, 5.74) is 5.36. The SMILES string of the molecule is CCCCC/C=C\C/C=C\C/C=C\CCCCCCCCC(=O)OC(COCCCCCCCCCC/C=C\C/C=C\CCCCCC)COP(=O)(O)OCC(N)C(=O)O. The van der Waals surface area contributed by atoms with Gasteiger partial charge in [0.25, 0.3) is 0 Å². The van der Waals surface area contributed by atoms with Crippen LogP contribution in [0.4, 0.5) is 0 Å². The molecule has 0 aromatic heterocycles. The molecule has 0 aliphatic carbocycles. The molecule has 0 spiro atoms. The minimum atomic E-state index is -4.63. The number of phosphoric acid groups is 1. The van der Waals surface area contributed by atoms with E-state index in [2.05, 4.69) is 74.6 Å². The van der Waals surface area contributed by atoms with Crippen LogP contribution in [0.1, 0.15) is 200 Å².